The largest absolute Gasteiger partial charge is 0.238 e. The molecule has 8 rings (SSSR count). The molecule has 0 saturated carbocycles. The van der Waals surface area contributed by atoms with Crippen LogP contribution in [-0.4, -0.2) is 80.4 Å². The number of hydrogen-bond donors (Lipinski definition) is 0. The van der Waals surface area contributed by atoms with Crippen LogP contribution in [0, 0.1) is 222 Å². The zero-order valence-electron chi connectivity index (χ0n) is 55.2. The molecule has 0 saturated heterocycles. The van der Waals surface area contributed by atoms with Gasteiger partial charge in [0.15, 0.2) is 0 Å². The summed E-state index contributed by atoms with van der Waals surface area (Å²) in [6.45, 7) is 64.3. The van der Waals surface area contributed by atoms with Crippen LogP contribution in [0.3, 0.4) is 0 Å². The third-order valence-corrected chi connectivity index (χ3v) is 14.7. The first-order chi connectivity index (χ1) is 36.9. The Labute approximate surface area is 481 Å². The van der Waals surface area contributed by atoms with Gasteiger partial charge in [0.1, 0.15) is 29.1 Å². The van der Waals surface area contributed by atoms with E-state index in [0.717, 1.165) is 120 Å². The highest BCUT2D eigenvalue weighted by atomic mass is 15.1. The zero-order valence-corrected chi connectivity index (χ0v) is 55.2. The third kappa shape index (κ3) is 22.4. The quantitative estimate of drug-likeness (QED) is 0.138. The minimum atomic E-state index is 0.862. The molecule has 0 N–H and O–H groups in total. The highest BCUT2D eigenvalue weighted by Gasteiger charge is 2.06. The molecule has 0 atom stereocenters. The smallest absolute Gasteiger partial charge is 0.125 e. The van der Waals surface area contributed by atoms with Gasteiger partial charge in [-0.05, 0) is 283 Å². The summed E-state index contributed by atoms with van der Waals surface area (Å²) in [4.78, 5) is 42.2. The van der Waals surface area contributed by atoms with Crippen molar-refractivity contribution in [2.45, 2.75) is 222 Å². The lowest BCUT2D eigenvalue weighted by Gasteiger charge is -2.03. The average Bonchev–Trinajstić information content (AvgIpc) is 3.37. The van der Waals surface area contributed by atoms with Crippen LogP contribution in [0.1, 0.15) is 181 Å². The van der Waals surface area contributed by atoms with E-state index in [1.807, 2.05) is 180 Å². The van der Waals surface area contributed by atoms with Gasteiger partial charge in [0.05, 0.1) is 34.2 Å². The van der Waals surface area contributed by atoms with Crippen LogP contribution in [-0.2, 0) is 0 Å². The van der Waals surface area contributed by atoms with E-state index in [4.69, 9.17) is 0 Å². The molecule has 0 radical (unpaired) electrons. The summed E-state index contributed by atoms with van der Waals surface area (Å²) in [6, 6.07) is 0. The molecular weight excluding hydrogens is 993 g/mol. The molecule has 0 bridgehead atoms. The van der Waals surface area contributed by atoms with Crippen molar-refractivity contribution in [3.05, 3.63) is 181 Å². The van der Waals surface area contributed by atoms with E-state index in [0.29, 0.717) is 0 Å². The Bertz CT molecular complexity index is 2710. The van der Waals surface area contributed by atoms with E-state index in [-0.39, 0.29) is 0 Å². The van der Waals surface area contributed by atoms with Crippen molar-refractivity contribution in [1.82, 2.24) is 80.4 Å². The summed E-state index contributed by atoms with van der Waals surface area (Å²) in [5.41, 5.74) is 30.6. The Kier molecular flexibility index (Phi) is 28.8. The van der Waals surface area contributed by atoms with Crippen LogP contribution in [0.25, 0.3) is 0 Å². The molecule has 0 aliphatic carbocycles. The Balaban J connectivity index is 0.000000457. The minimum Gasteiger partial charge on any atom is -0.238 e. The molecule has 0 aliphatic rings. The van der Waals surface area contributed by atoms with E-state index >= 15 is 0 Å². The summed E-state index contributed by atoms with van der Waals surface area (Å²) in [7, 11) is 0. The van der Waals surface area contributed by atoms with E-state index in [2.05, 4.69) is 122 Å². The summed E-state index contributed by atoms with van der Waals surface area (Å²) >= 11 is 0. The molecule has 0 aliphatic heterocycles. The maximum Gasteiger partial charge on any atom is 0.125 e. The molecule has 80 heavy (non-hydrogen) atoms. The van der Waals surface area contributed by atoms with Gasteiger partial charge in [-0.15, -0.1) is 0 Å². The highest BCUT2D eigenvalue weighted by Crippen LogP contribution is 2.14. The predicted molar refractivity (Wildman–Crippen MR) is 328 cm³/mol. The van der Waals surface area contributed by atoms with E-state index < -0.39 is 0 Å². The van der Waals surface area contributed by atoms with Crippen molar-refractivity contribution in [3.8, 4) is 0 Å². The lowest BCUT2D eigenvalue weighted by Crippen LogP contribution is -1.97. The number of hydrogen-bond acceptors (Lipinski definition) is 16. The second-order valence-electron chi connectivity index (χ2n) is 20.7. The lowest BCUT2D eigenvalue weighted by molar-refractivity contribution is 0.905. The lowest BCUT2D eigenvalue weighted by atomic mass is 10.1. The van der Waals surface area contributed by atoms with E-state index in [1.165, 1.54) is 61.2 Å². The van der Waals surface area contributed by atoms with Gasteiger partial charge in [0, 0.05) is 56.9 Å². The Morgan fingerprint density at radius 2 is 0.200 bits per heavy atom. The molecule has 0 spiro atoms. The van der Waals surface area contributed by atoms with Crippen LogP contribution >= 0.6 is 0 Å². The minimum absolute atomic E-state index is 0.862. The van der Waals surface area contributed by atoms with Crippen LogP contribution < -0.4 is 0 Å². The first kappa shape index (κ1) is 70.7. The predicted octanol–water partition coefficient (Wildman–Crippen LogP) is 13.7. The summed E-state index contributed by atoms with van der Waals surface area (Å²) < 4.78 is 0. The first-order valence-electron chi connectivity index (χ1n) is 27.2. The van der Waals surface area contributed by atoms with Gasteiger partial charge in [-0.3, -0.25) is 0 Å². The topological polar surface area (TPSA) is 206 Å². The van der Waals surface area contributed by atoms with Crippen LogP contribution in [0.4, 0.5) is 0 Å². The van der Waals surface area contributed by atoms with Gasteiger partial charge in [0.2, 0.25) is 0 Å². The molecule has 16 nitrogen and oxygen atoms in total. The monoisotopic (exact) mass is 1090 g/mol. The number of aromatic nitrogens is 16. The average molecular weight is 1090 g/mol. The molecule has 0 unspecified atom stereocenters. The molecule has 0 fully saturated rings. The molecule has 16 heteroatoms. The van der Waals surface area contributed by atoms with Gasteiger partial charge in [-0.2, -0.15) is 30.6 Å². The Morgan fingerprint density at radius 1 is 0.113 bits per heavy atom. The van der Waals surface area contributed by atoms with Crippen molar-refractivity contribution in [1.29, 1.82) is 0 Å². The van der Waals surface area contributed by atoms with Crippen LogP contribution in [0.15, 0.2) is 0 Å². The van der Waals surface area contributed by atoms with Crippen molar-refractivity contribution >= 4 is 0 Å². The molecule has 432 valence electrons. The van der Waals surface area contributed by atoms with Crippen LogP contribution in [0.5, 0.6) is 0 Å². The van der Waals surface area contributed by atoms with E-state index in [1.54, 1.807) is 0 Å². The fourth-order valence-corrected chi connectivity index (χ4v) is 7.23. The van der Waals surface area contributed by atoms with Crippen molar-refractivity contribution < 1.29 is 0 Å². The Morgan fingerprint density at radius 3 is 0.287 bits per heavy atom. The van der Waals surface area contributed by atoms with E-state index in [9.17, 15) is 0 Å². The van der Waals surface area contributed by atoms with Gasteiger partial charge >= 0.3 is 0 Å². The highest BCUT2D eigenvalue weighted by molar-refractivity contribution is 5.31. The molecule has 0 amide bonds. The molecular formula is C64H96N16. The van der Waals surface area contributed by atoms with Crippen LogP contribution in [0.2, 0.25) is 0 Å². The molecule has 8 aromatic rings. The second-order valence-corrected chi connectivity index (χ2v) is 20.7. The number of rotatable bonds is 0. The number of aryl methyl sites for hydroxylation is 21. The van der Waals surface area contributed by atoms with Gasteiger partial charge in [0.25, 0.3) is 0 Å². The standard InChI is InChI=1S/8C8H12N2/c5*1-5-6(2)9-8(4)10-7(5)3;3*1-5-6(2)8(4)10-9-7(5)3/h8*1-4H3. The maximum absolute atomic E-state index is 4.22. The van der Waals surface area contributed by atoms with Crippen molar-refractivity contribution in [3.63, 3.8) is 0 Å². The van der Waals surface area contributed by atoms with Gasteiger partial charge in [-0.25, -0.2) is 49.8 Å². The fourth-order valence-electron chi connectivity index (χ4n) is 7.23. The van der Waals surface area contributed by atoms with Gasteiger partial charge in [-0.1, -0.05) is 0 Å². The number of nitrogens with zero attached hydrogens (tertiary/aromatic N) is 16. The zero-order chi connectivity index (χ0) is 61.8. The second kappa shape index (κ2) is 32.6. The Hall–Kier alpha value is -7.36. The maximum atomic E-state index is 4.22. The van der Waals surface area contributed by atoms with Crippen molar-refractivity contribution in [2.24, 2.45) is 0 Å². The fraction of sp³-hybridized carbons (Fsp3) is 0.500. The summed E-state index contributed by atoms with van der Waals surface area (Å²) in [6.07, 6.45) is 0. The summed E-state index contributed by atoms with van der Waals surface area (Å²) in [5, 5.41) is 23.9. The summed E-state index contributed by atoms with van der Waals surface area (Å²) in [5.74, 6) is 4.31. The normalized spacial score (nSPS) is 10.0. The van der Waals surface area contributed by atoms with Crippen molar-refractivity contribution in [2.75, 3.05) is 0 Å². The van der Waals surface area contributed by atoms with Gasteiger partial charge < -0.3 is 0 Å². The first-order valence-corrected chi connectivity index (χ1v) is 27.2. The SMILES string of the molecule is Cc1nc(C)c(C)c(C)n1.Cc1nc(C)c(C)c(C)n1.Cc1nc(C)c(C)c(C)n1.Cc1nc(C)c(C)c(C)n1.Cc1nc(C)c(C)c(C)n1.Cc1nnc(C)c(C)c1C.Cc1nnc(C)c(C)c1C.Cc1nnc(C)c(C)c1C. The molecule has 8 heterocycles. The molecule has 8 aromatic heterocycles. The molecule has 0 aromatic carbocycles. The third-order valence-electron chi connectivity index (χ3n) is 14.7.